The summed E-state index contributed by atoms with van der Waals surface area (Å²) in [4.78, 5) is 31.7. The van der Waals surface area contributed by atoms with Gasteiger partial charge in [0.1, 0.15) is 12.1 Å². The number of benzene rings is 5. The lowest BCUT2D eigenvalue weighted by atomic mass is 9.88. The lowest BCUT2D eigenvalue weighted by Crippen LogP contribution is -2.45. The first-order chi connectivity index (χ1) is 25.5. The summed E-state index contributed by atoms with van der Waals surface area (Å²) >= 11 is 0. The number of carbonyl (C=O) groups excluding carboxylic acids is 2. The van der Waals surface area contributed by atoms with Crippen LogP contribution >= 0.6 is 0 Å². The fraction of sp³-hybridized carbons (Fsp3) is 0.227. The SMILES string of the molecule is COC(=O)C1Cc2c([nH]c3ccccc23)C(CCc2ccccc2)N1.COC(=O)C1Cc2c([nH]c3ccccc23)C(c2cccc3ccccc23)N1. The fourth-order valence-electron chi connectivity index (χ4n) is 8.08. The number of rotatable bonds is 6. The van der Waals surface area contributed by atoms with E-state index in [1.165, 1.54) is 58.1 Å². The van der Waals surface area contributed by atoms with Crippen LogP contribution in [0.3, 0.4) is 0 Å². The smallest absolute Gasteiger partial charge is 0.323 e. The average Bonchev–Trinajstić information content (AvgIpc) is 3.78. The van der Waals surface area contributed by atoms with Crippen LogP contribution in [-0.2, 0) is 38.3 Å². The minimum absolute atomic E-state index is 0.101. The molecule has 8 heteroatoms. The molecule has 262 valence electrons. The Labute approximate surface area is 302 Å². The summed E-state index contributed by atoms with van der Waals surface area (Å²) in [5, 5.41) is 11.8. The fourth-order valence-corrected chi connectivity index (χ4v) is 8.08. The second kappa shape index (κ2) is 14.5. The van der Waals surface area contributed by atoms with Gasteiger partial charge in [-0.25, -0.2) is 0 Å². The summed E-state index contributed by atoms with van der Waals surface area (Å²) in [5.41, 5.74) is 9.46. The first-order valence-electron chi connectivity index (χ1n) is 17.9. The van der Waals surface area contributed by atoms with Gasteiger partial charge in [0.2, 0.25) is 0 Å². The molecule has 0 spiro atoms. The van der Waals surface area contributed by atoms with Crippen molar-refractivity contribution in [3.63, 3.8) is 0 Å². The van der Waals surface area contributed by atoms with Gasteiger partial charge in [-0.05, 0) is 58.0 Å². The number of hydrogen-bond acceptors (Lipinski definition) is 6. The number of hydrogen-bond donors (Lipinski definition) is 4. The highest BCUT2D eigenvalue weighted by molar-refractivity contribution is 5.90. The van der Waals surface area contributed by atoms with E-state index >= 15 is 0 Å². The molecule has 4 unspecified atom stereocenters. The van der Waals surface area contributed by atoms with Gasteiger partial charge < -0.3 is 19.4 Å². The van der Waals surface area contributed by atoms with Crippen LogP contribution in [0.1, 0.15) is 52.1 Å². The average molecular weight is 691 g/mol. The second-order valence-electron chi connectivity index (χ2n) is 13.6. The van der Waals surface area contributed by atoms with E-state index in [0.29, 0.717) is 12.8 Å². The summed E-state index contributed by atoms with van der Waals surface area (Å²) in [6.45, 7) is 0. The minimum atomic E-state index is -0.370. The van der Waals surface area contributed by atoms with Crippen molar-refractivity contribution in [3.05, 3.63) is 155 Å². The van der Waals surface area contributed by atoms with Gasteiger partial charge in [0.25, 0.3) is 0 Å². The Morgan fingerprint density at radius 3 is 1.81 bits per heavy atom. The number of esters is 2. The largest absolute Gasteiger partial charge is 0.468 e. The third-order valence-electron chi connectivity index (χ3n) is 10.6. The van der Waals surface area contributed by atoms with Crippen LogP contribution in [-0.4, -0.2) is 48.2 Å². The Kier molecular flexibility index (Phi) is 9.33. The van der Waals surface area contributed by atoms with Crippen LogP contribution in [0.5, 0.6) is 0 Å². The maximum absolute atomic E-state index is 12.4. The number of aromatic nitrogens is 2. The molecule has 52 heavy (non-hydrogen) atoms. The molecular weight excluding hydrogens is 649 g/mol. The summed E-state index contributed by atoms with van der Waals surface area (Å²) in [6.07, 6.45) is 3.17. The summed E-state index contributed by atoms with van der Waals surface area (Å²) in [5.74, 6) is -0.420. The number of carbonyl (C=O) groups is 2. The lowest BCUT2D eigenvalue weighted by Gasteiger charge is -2.31. The predicted molar refractivity (Wildman–Crippen MR) is 205 cm³/mol. The van der Waals surface area contributed by atoms with Gasteiger partial charge in [-0.2, -0.15) is 0 Å². The summed E-state index contributed by atoms with van der Waals surface area (Å²) < 4.78 is 10.0. The lowest BCUT2D eigenvalue weighted by molar-refractivity contribution is -0.144. The van der Waals surface area contributed by atoms with E-state index in [9.17, 15) is 9.59 Å². The number of nitrogens with one attached hydrogen (secondary N) is 4. The normalized spacial score (nSPS) is 19.3. The molecule has 5 aromatic carbocycles. The van der Waals surface area contributed by atoms with Crippen molar-refractivity contribution in [1.29, 1.82) is 0 Å². The molecule has 0 aliphatic carbocycles. The van der Waals surface area contributed by atoms with Gasteiger partial charge in [0.05, 0.1) is 20.3 Å². The molecule has 4 atom stereocenters. The van der Waals surface area contributed by atoms with Crippen LogP contribution in [0.25, 0.3) is 32.6 Å². The Hall–Kier alpha value is -5.70. The topological polar surface area (TPSA) is 108 Å². The van der Waals surface area contributed by atoms with Crippen molar-refractivity contribution in [2.75, 3.05) is 14.2 Å². The molecule has 0 saturated carbocycles. The Morgan fingerprint density at radius 2 is 1.13 bits per heavy atom. The number of para-hydroxylation sites is 2. The predicted octanol–water partition coefficient (Wildman–Crippen LogP) is 7.63. The van der Waals surface area contributed by atoms with E-state index in [1.54, 1.807) is 0 Å². The van der Waals surface area contributed by atoms with Gasteiger partial charge in [-0.3, -0.25) is 20.2 Å². The number of ether oxygens (including phenoxy) is 2. The van der Waals surface area contributed by atoms with Crippen LogP contribution in [0.2, 0.25) is 0 Å². The maximum atomic E-state index is 12.4. The van der Waals surface area contributed by atoms with Gasteiger partial charge in [0, 0.05) is 52.1 Å². The molecule has 0 radical (unpaired) electrons. The van der Waals surface area contributed by atoms with Gasteiger partial charge >= 0.3 is 11.9 Å². The van der Waals surface area contributed by atoms with Crippen molar-refractivity contribution in [2.24, 2.45) is 0 Å². The Bertz CT molecular complexity index is 2370. The maximum Gasteiger partial charge on any atom is 0.323 e. The molecule has 9 rings (SSSR count). The molecule has 2 aliphatic rings. The number of methoxy groups -OCH3 is 2. The molecule has 8 nitrogen and oxygen atoms in total. The number of aromatic amines is 2. The van der Waals surface area contributed by atoms with Crippen molar-refractivity contribution < 1.29 is 19.1 Å². The monoisotopic (exact) mass is 690 g/mol. The first kappa shape index (κ1) is 33.4. The van der Waals surface area contributed by atoms with Crippen molar-refractivity contribution in [1.82, 2.24) is 20.6 Å². The first-order valence-corrected chi connectivity index (χ1v) is 17.9. The molecule has 0 fully saturated rings. The molecule has 4 N–H and O–H groups in total. The molecule has 0 bridgehead atoms. The molecule has 0 saturated heterocycles. The van der Waals surface area contributed by atoms with Crippen molar-refractivity contribution >= 4 is 44.5 Å². The van der Waals surface area contributed by atoms with Gasteiger partial charge in [-0.1, -0.05) is 109 Å². The van der Waals surface area contributed by atoms with E-state index in [4.69, 9.17) is 9.47 Å². The Balaban J connectivity index is 0.000000149. The minimum Gasteiger partial charge on any atom is -0.468 e. The van der Waals surface area contributed by atoms with Crippen LogP contribution < -0.4 is 10.6 Å². The third kappa shape index (κ3) is 6.36. The molecule has 7 aromatic rings. The van der Waals surface area contributed by atoms with E-state index in [0.717, 1.165) is 35.1 Å². The summed E-state index contributed by atoms with van der Waals surface area (Å²) in [6, 6.07) is 41.0. The quantitative estimate of drug-likeness (QED) is 0.134. The highest BCUT2D eigenvalue weighted by Gasteiger charge is 2.35. The molecular formula is C44H42N4O4. The highest BCUT2D eigenvalue weighted by atomic mass is 16.5. The standard InChI is InChI=1S/C23H20N2O2.C21H22N2O2/c1-27-23(26)20-13-18-16-10-4-5-12-19(16)24-22(18)21(25-20)17-11-6-8-14-7-2-3-9-15(14)17;1-25-21(24)19-13-16-15-9-5-6-10-17(15)23-20(16)18(22-19)12-11-14-7-3-2-4-8-14/h2-12,20-21,24-25H,13H2,1H3;2-10,18-19,22-23H,11-13H2,1H3. The molecule has 2 aliphatic heterocycles. The van der Waals surface area contributed by atoms with Crippen LogP contribution in [0, 0.1) is 0 Å². The Morgan fingerprint density at radius 1 is 0.596 bits per heavy atom. The van der Waals surface area contributed by atoms with Crippen LogP contribution in [0.4, 0.5) is 0 Å². The van der Waals surface area contributed by atoms with E-state index in [2.05, 4.69) is 106 Å². The molecule has 4 heterocycles. The molecule has 2 aromatic heterocycles. The second-order valence-corrected chi connectivity index (χ2v) is 13.6. The summed E-state index contributed by atoms with van der Waals surface area (Å²) in [7, 11) is 2.90. The highest BCUT2D eigenvalue weighted by Crippen LogP contribution is 2.38. The van der Waals surface area contributed by atoms with Crippen molar-refractivity contribution in [2.45, 2.75) is 49.9 Å². The zero-order valence-electron chi connectivity index (χ0n) is 29.3. The number of aryl methyl sites for hydroxylation is 1. The zero-order chi connectivity index (χ0) is 35.6. The van der Waals surface area contributed by atoms with Crippen LogP contribution in [0.15, 0.2) is 121 Å². The third-order valence-corrected chi connectivity index (χ3v) is 10.6. The number of fused-ring (bicyclic) bond motifs is 7. The van der Waals surface area contributed by atoms with E-state index < -0.39 is 0 Å². The molecule has 0 amide bonds. The number of H-pyrrole nitrogens is 2. The zero-order valence-corrected chi connectivity index (χ0v) is 29.3. The van der Waals surface area contributed by atoms with Gasteiger partial charge in [-0.15, -0.1) is 0 Å². The van der Waals surface area contributed by atoms with E-state index in [-0.39, 0.29) is 36.1 Å². The van der Waals surface area contributed by atoms with Gasteiger partial charge in [0.15, 0.2) is 0 Å². The van der Waals surface area contributed by atoms with Crippen molar-refractivity contribution in [3.8, 4) is 0 Å². The van der Waals surface area contributed by atoms with E-state index in [1.807, 2.05) is 36.4 Å².